The largest absolute Gasteiger partial charge is 0.482 e. The summed E-state index contributed by atoms with van der Waals surface area (Å²) in [5.74, 6) is 1.37. The molecule has 0 spiro atoms. The van der Waals surface area contributed by atoms with E-state index >= 15 is 0 Å². The number of hydrogen-bond donors (Lipinski definition) is 1. The van der Waals surface area contributed by atoms with Gasteiger partial charge in [-0.1, -0.05) is 41.6 Å². The fourth-order valence-electron chi connectivity index (χ4n) is 3.65. The van der Waals surface area contributed by atoms with Crippen molar-refractivity contribution < 1.29 is 9.53 Å². The third-order valence-corrected chi connectivity index (χ3v) is 7.71. The number of allylic oxidation sites excluding steroid dienone is 1. The van der Waals surface area contributed by atoms with Crippen molar-refractivity contribution in [1.29, 1.82) is 0 Å². The zero-order chi connectivity index (χ0) is 26.5. The third kappa shape index (κ3) is 6.60. The molecule has 4 rings (SSSR count). The lowest BCUT2D eigenvalue weighted by atomic mass is 10.1. The summed E-state index contributed by atoms with van der Waals surface area (Å²) in [5.41, 5.74) is 5.25. The predicted octanol–water partition coefficient (Wildman–Crippen LogP) is 7.04. The van der Waals surface area contributed by atoms with Crippen molar-refractivity contribution in [3.63, 3.8) is 0 Å². The van der Waals surface area contributed by atoms with Crippen LogP contribution in [0.25, 0.3) is 11.3 Å². The van der Waals surface area contributed by atoms with E-state index in [1.165, 1.54) is 34.2 Å². The van der Waals surface area contributed by atoms with Crippen LogP contribution in [0.4, 0.5) is 5.13 Å². The van der Waals surface area contributed by atoms with E-state index in [-0.39, 0.29) is 17.8 Å². The summed E-state index contributed by atoms with van der Waals surface area (Å²) in [5, 5.41) is 15.3. The molecule has 2 heterocycles. The number of carbonyl (C=O) groups is 1. The van der Waals surface area contributed by atoms with Crippen LogP contribution in [0.2, 0.25) is 5.02 Å². The summed E-state index contributed by atoms with van der Waals surface area (Å²) in [6.45, 7) is 12.3. The number of hydrogen-bond acceptors (Lipinski definition) is 7. The smallest absolute Gasteiger partial charge is 0.236 e. The van der Waals surface area contributed by atoms with E-state index in [0.717, 1.165) is 22.6 Å². The van der Waals surface area contributed by atoms with Crippen molar-refractivity contribution in [2.45, 2.75) is 45.5 Å². The average molecular weight is 554 g/mol. The Kier molecular flexibility index (Phi) is 8.68. The normalized spacial score (nSPS) is 11.8. The molecule has 10 heteroatoms. The van der Waals surface area contributed by atoms with Crippen LogP contribution in [0.1, 0.15) is 35.5 Å². The highest BCUT2D eigenvalue weighted by Crippen LogP contribution is 2.29. The van der Waals surface area contributed by atoms with E-state index in [9.17, 15) is 4.79 Å². The van der Waals surface area contributed by atoms with Gasteiger partial charge in [-0.25, -0.2) is 4.98 Å². The highest BCUT2D eigenvalue weighted by molar-refractivity contribution is 7.99. The van der Waals surface area contributed by atoms with Gasteiger partial charge in [0, 0.05) is 22.5 Å². The zero-order valence-corrected chi connectivity index (χ0v) is 23.5. The maximum atomic E-state index is 12.7. The molecule has 0 saturated heterocycles. The molecule has 1 amide bonds. The lowest BCUT2D eigenvalue weighted by molar-refractivity contribution is -0.113. The van der Waals surface area contributed by atoms with E-state index in [1.54, 1.807) is 12.1 Å². The maximum Gasteiger partial charge on any atom is 0.236 e. The molecule has 0 bridgehead atoms. The maximum absolute atomic E-state index is 12.7. The minimum atomic E-state index is -0.366. The van der Waals surface area contributed by atoms with Crippen LogP contribution in [0, 0.1) is 20.8 Å². The van der Waals surface area contributed by atoms with Crippen molar-refractivity contribution in [3.8, 4) is 17.0 Å². The number of benzene rings is 2. The van der Waals surface area contributed by atoms with Crippen molar-refractivity contribution >= 4 is 45.7 Å². The van der Waals surface area contributed by atoms with Gasteiger partial charge in [-0.3, -0.25) is 9.36 Å². The predicted molar refractivity (Wildman–Crippen MR) is 152 cm³/mol. The van der Waals surface area contributed by atoms with E-state index in [1.807, 2.05) is 42.0 Å². The molecule has 2 aromatic carbocycles. The number of nitrogens with one attached hydrogen (secondary N) is 1. The molecule has 0 fully saturated rings. The van der Waals surface area contributed by atoms with Gasteiger partial charge in [-0.15, -0.1) is 28.1 Å². The van der Waals surface area contributed by atoms with E-state index < -0.39 is 0 Å². The Labute approximate surface area is 230 Å². The molecule has 37 heavy (non-hydrogen) atoms. The van der Waals surface area contributed by atoms with Crippen LogP contribution in [-0.4, -0.2) is 31.4 Å². The number of carbonyl (C=O) groups excluding carboxylic acids is 1. The van der Waals surface area contributed by atoms with Gasteiger partial charge in [0.05, 0.1) is 11.4 Å². The van der Waals surface area contributed by atoms with Crippen molar-refractivity contribution in [2.24, 2.45) is 0 Å². The van der Waals surface area contributed by atoms with Gasteiger partial charge < -0.3 is 10.1 Å². The highest BCUT2D eigenvalue weighted by Gasteiger charge is 2.20. The number of thioether (sulfide) groups is 1. The lowest BCUT2D eigenvalue weighted by Gasteiger charge is -2.17. The first-order valence-corrected chi connectivity index (χ1v) is 13.9. The average Bonchev–Trinajstić information content (AvgIpc) is 3.49. The van der Waals surface area contributed by atoms with Gasteiger partial charge in [-0.2, -0.15) is 0 Å². The molecular weight excluding hydrogens is 526 g/mol. The molecule has 0 aliphatic rings. The van der Waals surface area contributed by atoms with Gasteiger partial charge in [-0.05, 0) is 68.7 Å². The van der Waals surface area contributed by atoms with Crippen LogP contribution in [0.15, 0.2) is 59.6 Å². The van der Waals surface area contributed by atoms with Gasteiger partial charge in [0.25, 0.3) is 0 Å². The number of rotatable bonds is 10. The number of ether oxygens (including phenoxy) is 1. The summed E-state index contributed by atoms with van der Waals surface area (Å²) in [4.78, 5) is 17.2. The number of aryl methyl sites for hydroxylation is 3. The molecule has 1 atom stereocenters. The van der Waals surface area contributed by atoms with E-state index in [2.05, 4.69) is 53.1 Å². The van der Waals surface area contributed by atoms with Crippen molar-refractivity contribution in [1.82, 2.24) is 19.7 Å². The first-order chi connectivity index (χ1) is 17.7. The first kappa shape index (κ1) is 26.9. The Morgan fingerprint density at radius 1 is 1.19 bits per heavy atom. The quantitative estimate of drug-likeness (QED) is 0.167. The standard InChI is InChI=1S/C27H28ClN5O2S2/c1-6-11-33-25(19(5)35-23-10-9-21(28)13-18(23)4)31-32-27(33)37-15-24(34)30-26-29-22(14-36-26)20-8-7-16(2)17(3)12-20/h6-10,12-14,19H,1,11,15H2,2-5H3,(H,29,30,34). The Bertz CT molecular complexity index is 1430. The number of aromatic nitrogens is 4. The summed E-state index contributed by atoms with van der Waals surface area (Å²) in [7, 11) is 0. The van der Waals surface area contributed by atoms with Gasteiger partial charge >= 0.3 is 0 Å². The summed E-state index contributed by atoms with van der Waals surface area (Å²) < 4.78 is 8.04. The second kappa shape index (κ2) is 11.9. The van der Waals surface area contributed by atoms with E-state index in [4.69, 9.17) is 16.3 Å². The molecule has 1 unspecified atom stereocenters. The molecule has 1 N–H and O–H groups in total. The van der Waals surface area contributed by atoms with Crippen LogP contribution in [-0.2, 0) is 11.3 Å². The molecule has 0 radical (unpaired) electrons. The van der Waals surface area contributed by atoms with Gasteiger partial charge in [0.15, 0.2) is 22.2 Å². The van der Waals surface area contributed by atoms with Gasteiger partial charge in [0.1, 0.15) is 5.75 Å². The highest BCUT2D eigenvalue weighted by atomic mass is 35.5. The number of nitrogens with zero attached hydrogens (tertiary/aromatic N) is 4. The fraction of sp³-hybridized carbons (Fsp3) is 0.259. The van der Waals surface area contributed by atoms with Gasteiger partial charge in [0.2, 0.25) is 5.91 Å². The number of anilines is 1. The first-order valence-electron chi connectivity index (χ1n) is 11.7. The Hall–Kier alpha value is -3.14. The molecule has 0 aliphatic heterocycles. The van der Waals surface area contributed by atoms with Crippen LogP contribution >= 0.6 is 34.7 Å². The second-order valence-corrected chi connectivity index (χ2v) is 10.8. The number of thiazole rings is 1. The second-order valence-electron chi connectivity index (χ2n) is 8.58. The van der Waals surface area contributed by atoms with E-state index in [0.29, 0.717) is 27.7 Å². The molecule has 0 saturated carbocycles. The molecule has 2 aromatic heterocycles. The van der Waals surface area contributed by atoms with Crippen LogP contribution in [0.3, 0.4) is 0 Å². The molecule has 0 aliphatic carbocycles. The minimum absolute atomic E-state index is 0.165. The summed E-state index contributed by atoms with van der Waals surface area (Å²) >= 11 is 8.77. The van der Waals surface area contributed by atoms with Crippen molar-refractivity contribution in [3.05, 3.63) is 82.0 Å². The third-order valence-electron chi connectivity index (χ3n) is 5.75. The minimum Gasteiger partial charge on any atom is -0.482 e. The lowest BCUT2D eigenvalue weighted by Crippen LogP contribution is -2.15. The Balaban J connectivity index is 1.40. The van der Waals surface area contributed by atoms with Crippen LogP contribution < -0.4 is 10.1 Å². The summed E-state index contributed by atoms with van der Waals surface area (Å²) in [6.07, 6.45) is 1.40. The molecule has 192 valence electrons. The molecule has 7 nitrogen and oxygen atoms in total. The topological polar surface area (TPSA) is 81.9 Å². The number of halogens is 1. The van der Waals surface area contributed by atoms with Crippen LogP contribution in [0.5, 0.6) is 5.75 Å². The summed E-state index contributed by atoms with van der Waals surface area (Å²) in [6, 6.07) is 11.7. The Morgan fingerprint density at radius 2 is 2.00 bits per heavy atom. The SMILES string of the molecule is C=CCn1c(SCC(=O)Nc2nc(-c3ccc(C)c(C)c3)cs2)nnc1C(C)Oc1ccc(Cl)cc1C. The van der Waals surface area contributed by atoms with Crippen molar-refractivity contribution in [2.75, 3.05) is 11.1 Å². The molecular formula is C27H28ClN5O2S2. The fourth-order valence-corrected chi connectivity index (χ4v) is 5.36. The molecule has 4 aromatic rings. The zero-order valence-electron chi connectivity index (χ0n) is 21.1. The Morgan fingerprint density at radius 3 is 2.73 bits per heavy atom. The number of amides is 1. The monoisotopic (exact) mass is 553 g/mol.